The van der Waals surface area contributed by atoms with Crippen LogP contribution >= 0.6 is 0 Å². The summed E-state index contributed by atoms with van der Waals surface area (Å²) in [6.07, 6.45) is 6.37. The van der Waals surface area contributed by atoms with Crippen LogP contribution in [0.1, 0.15) is 55.3 Å². The van der Waals surface area contributed by atoms with Crippen LogP contribution in [0.25, 0.3) is 0 Å². The maximum atomic E-state index is 12.7. The lowest BCUT2D eigenvalue weighted by Gasteiger charge is -2.33. The van der Waals surface area contributed by atoms with E-state index in [1.807, 2.05) is 0 Å². The number of benzene rings is 1. The second-order valence-electron chi connectivity index (χ2n) is 7.66. The van der Waals surface area contributed by atoms with Gasteiger partial charge in [-0.1, -0.05) is 19.3 Å². The molecule has 2 fully saturated rings. The number of non-ortho nitro benzene ring substituents is 2. The van der Waals surface area contributed by atoms with Crippen molar-refractivity contribution in [2.24, 2.45) is 5.92 Å². The zero-order chi connectivity index (χ0) is 21.0. The molecular formula is C19H24N4O6. The summed E-state index contributed by atoms with van der Waals surface area (Å²) in [4.78, 5) is 47.2. The predicted molar refractivity (Wildman–Crippen MR) is 103 cm³/mol. The Morgan fingerprint density at radius 2 is 1.45 bits per heavy atom. The first-order chi connectivity index (χ1) is 13.8. The quantitative estimate of drug-likeness (QED) is 0.592. The molecule has 1 heterocycles. The van der Waals surface area contributed by atoms with Crippen LogP contribution in [0.2, 0.25) is 0 Å². The third kappa shape index (κ3) is 5.07. The monoisotopic (exact) mass is 404 g/mol. The Kier molecular flexibility index (Phi) is 6.40. The molecule has 0 unspecified atom stereocenters. The van der Waals surface area contributed by atoms with Gasteiger partial charge >= 0.3 is 0 Å². The molecule has 1 aliphatic carbocycles. The molecule has 1 N–H and O–H groups in total. The fraction of sp³-hybridized carbons (Fsp3) is 0.579. The summed E-state index contributed by atoms with van der Waals surface area (Å²) in [6.45, 7) is 0.760. The van der Waals surface area contributed by atoms with E-state index in [2.05, 4.69) is 5.32 Å². The first-order valence-electron chi connectivity index (χ1n) is 9.88. The van der Waals surface area contributed by atoms with Gasteiger partial charge in [0, 0.05) is 37.2 Å². The third-order valence-corrected chi connectivity index (χ3v) is 5.68. The number of rotatable bonds is 5. The lowest BCUT2D eigenvalue weighted by atomic mass is 9.88. The first-order valence-corrected chi connectivity index (χ1v) is 9.88. The van der Waals surface area contributed by atoms with E-state index in [9.17, 15) is 29.8 Å². The van der Waals surface area contributed by atoms with Crippen LogP contribution in [0, 0.1) is 26.1 Å². The summed E-state index contributed by atoms with van der Waals surface area (Å²) in [5.74, 6) is -0.313. The van der Waals surface area contributed by atoms with Gasteiger partial charge in [0.2, 0.25) is 5.91 Å². The Morgan fingerprint density at radius 3 is 1.97 bits per heavy atom. The normalized spacial score (nSPS) is 18.3. The first kappa shape index (κ1) is 20.7. The highest BCUT2D eigenvalue weighted by atomic mass is 16.6. The van der Waals surface area contributed by atoms with Crippen molar-refractivity contribution in [1.29, 1.82) is 0 Å². The van der Waals surface area contributed by atoms with Gasteiger partial charge in [-0.15, -0.1) is 0 Å². The second kappa shape index (κ2) is 8.97. The van der Waals surface area contributed by atoms with Gasteiger partial charge in [0.05, 0.1) is 21.5 Å². The van der Waals surface area contributed by atoms with E-state index < -0.39 is 27.1 Å². The molecule has 10 heteroatoms. The SMILES string of the molecule is O=C(NC1CCN(C(=O)c2cc([N+](=O)[O-])cc([N+](=O)[O-])c2)CC1)C1CCCCC1. The predicted octanol–water partition coefficient (Wildman–Crippen LogP) is 2.80. The number of piperidine rings is 1. The second-order valence-corrected chi connectivity index (χ2v) is 7.66. The average molecular weight is 404 g/mol. The van der Waals surface area contributed by atoms with Crippen LogP contribution in [-0.4, -0.2) is 45.7 Å². The summed E-state index contributed by atoms with van der Waals surface area (Å²) < 4.78 is 0. The highest BCUT2D eigenvalue weighted by Crippen LogP contribution is 2.26. The minimum atomic E-state index is -0.753. The van der Waals surface area contributed by atoms with E-state index in [0.29, 0.717) is 25.9 Å². The highest BCUT2D eigenvalue weighted by molar-refractivity contribution is 5.95. The minimum Gasteiger partial charge on any atom is -0.353 e. The molecule has 156 valence electrons. The number of nitro groups is 2. The van der Waals surface area contributed by atoms with Gasteiger partial charge in [0.15, 0.2) is 0 Å². The summed E-state index contributed by atoms with van der Waals surface area (Å²) in [7, 11) is 0. The van der Waals surface area contributed by atoms with Crippen molar-refractivity contribution in [2.45, 2.75) is 51.0 Å². The fourth-order valence-electron chi connectivity index (χ4n) is 4.02. The number of likely N-dealkylation sites (tertiary alicyclic amines) is 1. The van der Waals surface area contributed by atoms with E-state index in [0.717, 1.165) is 43.9 Å². The molecule has 0 aromatic heterocycles. The molecule has 0 radical (unpaired) electrons. The molecular weight excluding hydrogens is 380 g/mol. The number of nitrogens with zero attached hydrogens (tertiary/aromatic N) is 3. The van der Waals surface area contributed by atoms with Gasteiger partial charge in [0.1, 0.15) is 0 Å². The maximum absolute atomic E-state index is 12.7. The lowest BCUT2D eigenvalue weighted by Crippen LogP contribution is -2.48. The van der Waals surface area contributed by atoms with E-state index in [1.165, 1.54) is 11.3 Å². The van der Waals surface area contributed by atoms with Crippen LogP contribution in [0.5, 0.6) is 0 Å². The molecule has 0 atom stereocenters. The number of carbonyl (C=O) groups excluding carboxylic acids is 2. The molecule has 10 nitrogen and oxygen atoms in total. The Hall–Kier alpha value is -3.04. The Labute approximate surface area is 167 Å². The van der Waals surface area contributed by atoms with Gasteiger partial charge in [-0.25, -0.2) is 0 Å². The van der Waals surface area contributed by atoms with Crippen molar-refractivity contribution in [1.82, 2.24) is 10.2 Å². The molecule has 2 amide bonds. The summed E-state index contributed by atoms with van der Waals surface area (Å²) in [6, 6.07) is 2.95. The Morgan fingerprint density at radius 1 is 0.897 bits per heavy atom. The number of carbonyl (C=O) groups is 2. The van der Waals surface area contributed by atoms with Crippen molar-refractivity contribution in [3.05, 3.63) is 44.0 Å². The van der Waals surface area contributed by atoms with Crippen LogP contribution in [0.3, 0.4) is 0 Å². The van der Waals surface area contributed by atoms with Crippen molar-refractivity contribution in [3.63, 3.8) is 0 Å². The zero-order valence-electron chi connectivity index (χ0n) is 16.0. The smallest absolute Gasteiger partial charge is 0.277 e. The maximum Gasteiger partial charge on any atom is 0.277 e. The topological polar surface area (TPSA) is 136 Å². The molecule has 1 saturated carbocycles. The van der Waals surface area contributed by atoms with E-state index in [-0.39, 0.29) is 23.4 Å². The lowest BCUT2D eigenvalue weighted by molar-refractivity contribution is -0.394. The van der Waals surface area contributed by atoms with Gasteiger partial charge < -0.3 is 10.2 Å². The number of hydrogen-bond donors (Lipinski definition) is 1. The van der Waals surface area contributed by atoms with E-state index in [1.54, 1.807) is 0 Å². The molecule has 1 saturated heterocycles. The summed E-state index contributed by atoms with van der Waals surface area (Å²) >= 11 is 0. The largest absolute Gasteiger partial charge is 0.353 e. The van der Waals surface area contributed by atoms with Crippen LogP contribution in [0.15, 0.2) is 18.2 Å². The minimum absolute atomic E-state index is 0.00655. The van der Waals surface area contributed by atoms with Gasteiger partial charge in [0.25, 0.3) is 17.3 Å². The van der Waals surface area contributed by atoms with Crippen molar-refractivity contribution >= 4 is 23.2 Å². The molecule has 0 spiro atoms. The van der Waals surface area contributed by atoms with Crippen molar-refractivity contribution in [3.8, 4) is 0 Å². The standard InChI is InChI=1S/C19H24N4O6/c24-18(13-4-2-1-3-5-13)20-15-6-8-21(9-7-15)19(25)14-10-16(22(26)27)12-17(11-14)23(28)29/h10-13,15H,1-9H2,(H,20,24). The van der Waals surface area contributed by atoms with Crippen LogP contribution in [0.4, 0.5) is 11.4 Å². The molecule has 3 rings (SSSR count). The number of hydrogen-bond acceptors (Lipinski definition) is 6. The molecule has 1 aromatic rings. The average Bonchev–Trinajstić information content (AvgIpc) is 2.74. The van der Waals surface area contributed by atoms with E-state index in [4.69, 9.17) is 0 Å². The summed E-state index contributed by atoms with van der Waals surface area (Å²) in [5, 5.41) is 25.1. The number of nitro benzene ring substituents is 2. The van der Waals surface area contributed by atoms with E-state index >= 15 is 0 Å². The zero-order valence-corrected chi connectivity index (χ0v) is 16.0. The van der Waals surface area contributed by atoms with Crippen LogP contribution in [-0.2, 0) is 4.79 Å². The van der Waals surface area contributed by atoms with Gasteiger partial charge in [-0.2, -0.15) is 0 Å². The van der Waals surface area contributed by atoms with Gasteiger partial charge in [-0.3, -0.25) is 29.8 Å². The molecule has 1 aliphatic heterocycles. The highest BCUT2D eigenvalue weighted by Gasteiger charge is 2.29. The van der Waals surface area contributed by atoms with Crippen molar-refractivity contribution in [2.75, 3.05) is 13.1 Å². The Balaban J connectivity index is 1.60. The molecule has 2 aliphatic rings. The third-order valence-electron chi connectivity index (χ3n) is 5.68. The summed E-state index contributed by atoms with van der Waals surface area (Å²) in [5.41, 5.74) is -1.05. The van der Waals surface area contributed by atoms with Gasteiger partial charge in [-0.05, 0) is 25.7 Å². The number of nitrogens with one attached hydrogen (secondary N) is 1. The number of amides is 2. The fourth-order valence-corrected chi connectivity index (χ4v) is 4.02. The van der Waals surface area contributed by atoms with Crippen LogP contribution < -0.4 is 5.32 Å². The van der Waals surface area contributed by atoms with Crippen molar-refractivity contribution < 1.29 is 19.4 Å². The molecule has 0 bridgehead atoms. The molecule has 1 aromatic carbocycles. The Bertz CT molecular complexity index is 781. The molecule has 29 heavy (non-hydrogen) atoms.